The van der Waals surface area contributed by atoms with Gasteiger partial charge in [-0.05, 0) is 38.5 Å². The molecule has 0 atom stereocenters. The van der Waals surface area contributed by atoms with Crippen LogP contribution < -0.4 is 15.4 Å². The Bertz CT molecular complexity index is 576. The van der Waals surface area contributed by atoms with Crippen molar-refractivity contribution in [1.29, 1.82) is 0 Å². The number of carbonyl (C=O) groups is 3. The van der Waals surface area contributed by atoms with Gasteiger partial charge in [0, 0.05) is 26.4 Å². The van der Waals surface area contributed by atoms with Gasteiger partial charge >= 0.3 is 12.1 Å². The Balaban J connectivity index is 2.26. The minimum absolute atomic E-state index is 0.158. The van der Waals surface area contributed by atoms with Crippen LogP contribution in [0.25, 0.3) is 0 Å². The smallest absolute Gasteiger partial charge is 0.407 e. The first-order valence-electron chi connectivity index (χ1n) is 7.66. The predicted molar refractivity (Wildman–Crippen MR) is 88.5 cm³/mol. The molecule has 0 saturated heterocycles. The maximum Gasteiger partial charge on any atom is 0.407 e. The van der Waals surface area contributed by atoms with E-state index in [0.717, 1.165) is 5.56 Å². The lowest BCUT2D eigenvalue weighted by molar-refractivity contribution is -0.131. The summed E-state index contributed by atoms with van der Waals surface area (Å²) in [5.41, 5.74) is 0.310. The molecule has 1 aromatic carbocycles. The molecule has 0 aliphatic carbocycles. The zero-order valence-electron chi connectivity index (χ0n) is 14.5. The molecular weight excluding hydrogens is 312 g/mol. The maximum absolute atomic E-state index is 11.7. The van der Waals surface area contributed by atoms with Crippen molar-refractivity contribution in [1.82, 2.24) is 10.6 Å². The van der Waals surface area contributed by atoms with Crippen molar-refractivity contribution in [3.8, 4) is 5.75 Å². The highest BCUT2D eigenvalue weighted by Gasteiger charge is 2.15. The molecule has 0 aliphatic rings. The molecule has 132 valence electrons. The summed E-state index contributed by atoms with van der Waals surface area (Å²) in [5.74, 6) is -0.109. The number of benzene rings is 1. The third-order valence-electron chi connectivity index (χ3n) is 2.69. The average molecular weight is 336 g/mol. The summed E-state index contributed by atoms with van der Waals surface area (Å²) >= 11 is 0. The van der Waals surface area contributed by atoms with Crippen LogP contribution in [0.3, 0.4) is 0 Å². The SMILES string of the molecule is CC(=O)Oc1ccc(CNC(=O)CCNC(=O)OC(C)(C)C)cc1. The van der Waals surface area contributed by atoms with E-state index < -0.39 is 11.7 Å². The van der Waals surface area contributed by atoms with E-state index >= 15 is 0 Å². The molecule has 0 spiro atoms. The van der Waals surface area contributed by atoms with Crippen LogP contribution in [-0.2, 0) is 20.9 Å². The average Bonchev–Trinajstić information content (AvgIpc) is 2.44. The number of ether oxygens (including phenoxy) is 2. The van der Waals surface area contributed by atoms with E-state index in [1.54, 1.807) is 45.0 Å². The van der Waals surface area contributed by atoms with Crippen LogP contribution >= 0.6 is 0 Å². The van der Waals surface area contributed by atoms with Gasteiger partial charge in [-0.25, -0.2) is 4.79 Å². The first kappa shape index (κ1) is 19.5. The summed E-state index contributed by atoms with van der Waals surface area (Å²) in [6.45, 7) is 7.20. The van der Waals surface area contributed by atoms with Gasteiger partial charge in [-0.15, -0.1) is 0 Å². The maximum atomic E-state index is 11.7. The van der Waals surface area contributed by atoms with Crippen molar-refractivity contribution < 1.29 is 23.9 Å². The van der Waals surface area contributed by atoms with E-state index in [1.165, 1.54) is 6.92 Å². The Labute approximate surface area is 141 Å². The fraction of sp³-hybridized carbons (Fsp3) is 0.471. The standard InChI is InChI=1S/C17H24N2O5/c1-12(20)23-14-7-5-13(6-8-14)11-19-15(21)9-10-18-16(22)24-17(2,3)4/h5-8H,9-11H2,1-4H3,(H,18,22)(H,19,21). The lowest BCUT2D eigenvalue weighted by Gasteiger charge is -2.19. The lowest BCUT2D eigenvalue weighted by Crippen LogP contribution is -2.35. The van der Waals surface area contributed by atoms with Crippen molar-refractivity contribution in [2.75, 3.05) is 6.54 Å². The normalized spacial score (nSPS) is 10.7. The Morgan fingerprint density at radius 1 is 1.04 bits per heavy atom. The highest BCUT2D eigenvalue weighted by molar-refractivity contribution is 5.77. The molecular formula is C17H24N2O5. The van der Waals surface area contributed by atoms with E-state index in [2.05, 4.69) is 10.6 Å². The lowest BCUT2D eigenvalue weighted by atomic mass is 10.2. The highest BCUT2D eigenvalue weighted by Crippen LogP contribution is 2.12. The zero-order valence-corrected chi connectivity index (χ0v) is 14.5. The van der Waals surface area contributed by atoms with Crippen LogP contribution in [0.15, 0.2) is 24.3 Å². The van der Waals surface area contributed by atoms with Gasteiger partial charge in [-0.2, -0.15) is 0 Å². The van der Waals surface area contributed by atoms with Gasteiger partial charge in [-0.3, -0.25) is 9.59 Å². The molecule has 0 saturated carbocycles. The fourth-order valence-corrected chi connectivity index (χ4v) is 1.72. The topological polar surface area (TPSA) is 93.7 Å². The molecule has 0 aliphatic heterocycles. The van der Waals surface area contributed by atoms with Crippen molar-refractivity contribution in [3.05, 3.63) is 29.8 Å². The molecule has 2 N–H and O–H groups in total. The minimum Gasteiger partial charge on any atom is -0.444 e. The number of amides is 2. The first-order chi connectivity index (χ1) is 11.2. The molecule has 24 heavy (non-hydrogen) atoms. The van der Waals surface area contributed by atoms with Crippen molar-refractivity contribution in [3.63, 3.8) is 0 Å². The van der Waals surface area contributed by atoms with E-state index in [0.29, 0.717) is 12.3 Å². The van der Waals surface area contributed by atoms with Crippen LogP contribution in [0.5, 0.6) is 5.75 Å². The largest absolute Gasteiger partial charge is 0.444 e. The molecule has 0 bridgehead atoms. The van der Waals surface area contributed by atoms with Crippen LogP contribution in [0.2, 0.25) is 0 Å². The molecule has 7 heteroatoms. The summed E-state index contributed by atoms with van der Waals surface area (Å²) < 4.78 is 10.00. The van der Waals surface area contributed by atoms with Gasteiger partial charge in [-0.1, -0.05) is 12.1 Å². The number of hydrogen-bond donors (Lipinski definition) is 2. The van der Waals surface area contributed by atoms with Crippen molar-refractivity contribution in [2.24, 2.45) is 0 Å². The summed E-state index contributed by atoms with van der Waals surface area (Å²) in [7, 11) is 0. The molecule has 0 heterocycles. The molecule has 1 rings (SSSR count). The molecule has 0 unspecified atom stereocenters. The third kappa shape index (κ3) is 8.77. The first-order valence-corrected chi connectivity index (χ1v) is 7.66. The summed E-state index contributed by atoms with van der Waals surface area (Å²) in [4.78, 5) is 34.0. The Hall–Kier alpha value is -2.57. The van der Waals surface area contributed by atoms with Crippen molar-refractivity contribution >= 4 is 18.0 Å². The van der Waals surface area contributed by atoms with Gasteiger partial charge in [0.1, 0.15) is 11.4 Å². The Morgan fingerprint density at radius 3 is 2.21 bits per heavy atom. The van der Waals surface area contributed by atoms with Crippen LogP contribution in [0, 0.1) is 0 Å². The van der Waals surface area contributed by atoms with Crippen molar-refractivity contribution in [2.45, 2.75) is 46.3 Å². The molecule has 1 aromatic rings. The highest BCUT2D eigenvalue weighted by atomic mass is 16.6. The molecule has 0 radical (unpaired) electrons. The molecule has 0 aromatic heterocycles. The quantitative estimate of drug-likeness (QED) is 0.613. The second-order valence-corrected chi connectivity index (χ2v) is 6.19. The molecule has 0 fully saturated rings. The number of hydrogen-bond acceptors (Lipinski definition) is 5. The second kappa shape index (κ2) is 8.90. The van der Waals surface area contributed by atoms with Crippen LogP contribution in [0.4, 0.5) is 4.79 Å². The fourth-order valence-electron chi connectivity index (χ4n) is 1.72. The second-order valence-electron chi connectivity index (χ2n) is 6.19. The summed E-state index contributed by atoms with van der Waals surface area (Å²) in [6, 6.07) is 6.84. The monoisotopic (exact) mass is 336 g/mol. The molecule has 2 amide bonds. The number of carbonyl (C=O) groups excluding carboxylic acids is 3. The van der Waals surface area contributed by atoms with E-state index in [-0.39, 0.29) is 24.8 Å². The minimum atomic E-state index is -0.565. The zero-order chi connectivity index (χ0) is 18.2. The number of rotatable bonds is 6. The summed E-state index contributed by atoms with van der Waals surface area (Å²) in [6.07, 6.45) is -0.388. The molecule has 7 nitrogen and oxygen atoms in total. The predicted octanol–water partition coefficient (Wildman–Crippen LogP) is 2.14. The number of esters is 1. The van der Waals surface area contributed by atoms with Gasteiger partial charge in [0.2, 0.25) is 5.91 Å². The third-order valence-corrected chi connectivity index (χ3v) is 2.69. The van der Waals surface area contributed by atoms with E-state index in [1.807, 2.05) is 0 Å². The summed E-state index contributed by atoms with van der Waals surface area (Å²) in [5, 5.41) is 5.27. The number of alkyl carbamates (subject to hydrolysis) is 1. The Morgan fingerprint density at radius 2 is 1.67 bits per heavy atom. The van der Waals surface area contributed by atoms with Gasteiger partial charge in [0.25, 0.3) is 0 Å². The van der Waals surface area contributed by atoms with Crippen LogP contribution in [0.1, 0.15) is 39.7 Å². The van der Waals surface area contributed by atoms with Gasteiger partial charge in [0.05, 0.1) is 0 Å². The van der Waals surface area contributed by atoms with Gasteiger partial charge in [0.15, 0.2) is 0 Å². The van der Waals surface area contributed by atoms with E-state index in [4.69, 9.17) is 9.47 Å². The Kier molecular flexibility index (Phi) is 7.23. The van der Waals surface area contributed by atoms with Gasteiger partial charge < -0.3 is 20.1 Å². The van der Waals surface area contributed by atoms with Crippen LogP contribution in [-0.4, -0.2) is 30.1 Å². The van der Waals surface area contributed by atoms with E-state index in [9.17, 15) is 14.4 Å². The number of nitrogens with one attached hydrogen (secondary N) is 2.